The van der Waals surface area contributed by atoms with Crippen molar-refractivity contribution in [2.45, 2.75) is 31.6 Å². The van der Waals surface area contributed by atoms with Gasteiger partial charge in [0.1, 0.15) is 0 Å². The van der Waals surface area contributed by atoms with Crippen molar-refractivity contribution in [3.63, 3.8) is 0 Å². The first kappa shape index (κ1) is 18.5. The molecule has 1 aromatic carbocycles. The summed E-state index contributed by atoms with van der Waals surface area (Å²) < 4.78 is 0. The zero-order valence-corrected chi connectivity index (χ0v) is 14.8. The highest BCUT2D eigenvalue weighted by Crippen LogP contribution is 2.29. The number of carboxylic acid groups (broad SMARTS) is 1. The lowest BCUT2D eigenvalue weighted by Gasteiger charge is -2.16. The van der Waals surface area contributed by atoms with Crippen LogP contribution in [0.25, 0.3) is 0 Å². The van der Waals surface area contributed by atoms with Crippen molar-refractivity contribution in [1.29, 1.82) is 0 Å². The molecule has 8 heteroatoms. The summed E-state index contributed by atoms with van der Waals surface area (Å²) in [5.74, 6) is -1.14. The Bertz CT molecular complexity index is 649. The number of aryl methyl sites for hydroxylation is 1. The summed E-state index contributed by atoms with van der Waals surface area (Å²) >= 11 is 2.14. The number of benzene rings is 1. The van der Waals surface area contributed by atoms with Gasteiger partial charge >= 0.3 is 5.97 Å². The Labute approximate surface area is 148 Å². The van der Waals surface area contributed by atoms with E-state index >= 15 is 0 Å². The molecular formula is C16H18N2O4S2. The van der Waals surface area contributed by atoms with Gasteiger partial charge in [-0.25, -0.2) is 9.80 Å². The number of hydrogen-bond acceptors (Lipinski definition) is 6. The average molecular weight is 366 g/mol. The molecule has 0 bridgehead atoms. The highest BCUT2D eigenvalue weighted by molar-refractivity contribution is 8.15. The fraction of sp³-hybridized carbons (Fsp3) is 0.375. The quantitative estimate of drug-likeness (QED) is 0.798. The highest BCUT2D eigenvalue weighted by atomic mass is 32.2. The molecule has 1 atom stereocenters. The summed E-state index contributed by atoms with van der Waals surface area (Å²) in [4.78, 5) is 34.5. The zero-order valence-electron chi connectivity index (χ0n) is 13.2. The van der Waals surface area contributed by atoms with E-state index in [1.165, 1.54) is 6.92 Å². The van der Waals surface area contributed by atoms with E-state index in [0.717, 1.165) is 40.5 Å². The Morgan fingerprint density at radius 1 is 1.25 bits per heavy atom. The molecule has 1 aromatic rings. The summed E-state index contributed by atoms with van der Waals surface area (Å²) in [6.45, 7) is 1.43. The lowest BCUT2D eigenvalue weighted by Crippen LogP contribution is -2.36. The monoisotopic (exact) mass is 366 g/mol. The predicted octanol–water partition coefficient (Wildman–Crippen LogP) is 2.59. The molecule has 128 valence electrons. The van der Waals surface area contributed by atoms with Gasteiger partial charge in [-0.3, -0.25) is 9.59 Å². The van der Waals surface area contributed by atoms with Crippen LogP contribution in [0.15, 0.2) is 35.4 Å². The molecule has 1 amide bonds. The van der Waals surface area contributed by atoms with Gasteiger partial charge in [-0.2, -0.15) is 5.10 Å². The molecule has 6 nitrogen and oxygen atoms in total. The summed E-state index contributed by atoms with van der Waals surface area (Å²) in [5.41, 5.74) is 1.13. The number of hydrogen-bond donors (Lipinski definition) is 1. The molecule has 0 aliphatic carbocycles. The van der Waals surface area contributed by atoms with E-state index in [0.29, 0.717) is 17.2 Å². The van der Waals surface area contributed by atoms with Gasteiger partial charge in [0.25, 0.3) is 0 Å². The lowest BCUT2D eigenvalue weighted by molar-refractivity contribution is -0.145. The summed E-state index contributed by atoms with van der Waals surface area (Å²) in [5, 5.41) is 14.1. The molecule has 24 heavy (non-hydrogen) atoms. The van der Waals surface area contributed by atoms with Crippen LogP contribution in [0.2, 0.25) is 0 Å². The average Bonchev–Trinajstić information content (AvgIpc) is 2.98. The fourth-order valence-corrected chi connectivity index (χ4v) is 3.66. The standard InChI is InChI=1S/C16H18N2O4S2/c1-11(19)23-10-9-14(20)18-15(16(21)22)24-13(17-18)8-7-12-5-3-2-4-6-12/h2-6,15H,7-10H2,1H3,(H,21,22). The topological polar surface area (TPSA) is 87.0 Å². The predicted molar refractivity (Wildman–Crippen MR) is 95.8 cm³/mol. The first-order valence-corrected chi connectivity index (χ1v) is 9.30. The molecule has 0 fully saturated rings. The van der Waals surface area contributed by atoms with Crippen LogP contribution in [0.1, 0.15) is 25.3 Å². The number of rotatable bonds is 7. The number of nitrogens with zero attached hydrogens (tertiary/aromatic N) is 2. The minimum absolute atomic E-state index is 0.0690. The van der Waals surface area contributed by atoms with E-state index < -0.39 is 11.3 Å². The molecule has 1 unspecified atom stereocenters. The third kappa shape index (κ3) is 5.38. The Balaban J connectivity index is 1.96. The van der Waals surface area contributed by atoms with Crippen molar-refractivity contribution < 1.29 is 19.5 Å². The number of thioether (sulfide) groups is 2. The van der Waals surface area contributed by atoms with Crippen LogP contribution in [-0.2, 0) is 20.8 Å². The molecule has 1 N–H and O–H groups in total. The summed E-state index contributed by atoms with van der Waals surface area (Å²) in [6.07, 6.45) is 1.41. The molecule has 1 heterocycles. The molecule has 0 spiro atoms. The third-order valence-electron chi connectivity index (χ3n) is 3.25. The van der Waals surface area contributed by atoms with E-state index in [1.807, 2.05) is 30.3 Å². The van der Waals surface area contributed by atoms with Gasteiger partial charge in [0.2, 0.25) is 11.3 Å². The van der Waals surface area contributed by atoms with Crippen molar-refractivity contribution in [2.24, 2.45) is 5.10 Å². The van der Waals surface area contributed by atoms with Gasteiger partial charge in [0.05, 0.1) is 5.04 Å². The zero-order chi connectivity index (χ0) is 17.5. The SMILES string of the molecule is CC(=O)SCCC(=O)N1N=C(CCc2ccccc2)SC1C(=O)O. The fourth-order valence-electron chi connectivity index (χ4n) is 2.12. The van der Waals surface area contributed by atoms with E-state index in [2.05, 4.69) is 5.10 Å². The molecule has 0 aromatic heterocycles. The van der Waals surface area contributed by atoms with Crippen LogP contribution < -0.4 is 0 Å². The Kier molecular flexibility index (Phi) is 6.86. The highest BCUT2D eigenvalue weighted by Gasteiger charge is 2.36. The molecule has 0 saturated carbocycles. The third-order valence-corrected chi connectivity index (χ3v) is 5.24. The van der Waals surface area contributed by atoms with Crippen LogP contribution >= 0.6 is 23.5 Å². The van der Waals surface area contributed by atoms with Crippen molar-refractivity contribution in [1.82, 2.24) is 5.01 Å². The van der Waals surface area contributed by atoms with E-state index in [4.69, 9.17) is 0 Å². The molecule has 1 aliphatic rings. The normalized spacial score (nSPS) is 16.8. The lowest BCUT2D eigenvalue weighted by atomic mass is 10.1. The number of aliphatic carboxylic acids is 1. The summed E-state index contributed by atoms with van der Waals surface area (Å²) in [7, 11) is 0. The Morgan fingerprint density at radius 3 is 2.58 bits per heavy atom. The second-order valence-electron chi connectivity index (χ2n) is 5.12. The van der Waals surface area contributed by atoms with E-state index in [9.17, 15) is 19.5 Å². The van der Waals surface area contributed by atoms with Gasteiger partial charge < -0.3 is 5.11 Å². The van der Waals surface area contributed by atoms with Gasteiger partial charge in [-0.15, -0.1) is 0 Å². The maximum absolute atomic E-state index is 12.2. The number of hydrazone groups is 1. The van der Waals surface area contributed by atoms with Gasteiger partial charge in [0.15, 0.2) is 5.12 Å². The van der Waals surface area contributed by atoms with Crippen LogP contribution in [0.4, 0.5) is 0 Å². The molecule has 0 radical (unpaired) electrons. The van der Waals surface area contributed by atoms with Crippen molar-refractivity contribution >= 4 is 45.6 Å². The van der Waals surface area contributed by atoms with E-state index in [-0.39, 0.29) is 17.4 Å². The van der Waals surface area contributed by atoms with Crippen LogP contribution in [0.3, 0.4) is 0 Å². The second kappa shape index (κ2) is 8.89. The number of amides is 1. The molecular weight excluding hydrogens is 348 g/mol. The van der Waals surface area contributed by atoms with Gasteiger partial charge in [0, 0.05) is 25.5 Å². The first-order chi connectivity index (χ1) is 11.5. The number of carbonyl (C=O) groups excluding carboxylic acids is 2. The maximum Gasteiger partial charge on any atom is 0.339 e. The Morgan fingerprint density at radius 2 is 1.96 bits per heavy atom. The van der Waals surface area contributed by atoms with Crippen molar-refractivity contribution in [2.75, 3.05) is 5.75 Å². The largest absolute Gasteiger partial charge is 0.479 e. The first-order valence-electron chi connectivity index (χ1n) is 7.43. The molecule has 0 saturated heterocycles. The van der Waals surface area contributed by atoms with E-state index in [1.54, 1.807) is 0 Å². The smallest absolute Gasteiger partial charge is 0.339 e. The van der Waals surface area contributed by atoms with Gasteiger partial charge in [-0.05, 0) is 12.0 Å². The number of carbonyl (C=O) groups is 3. The number of carboxylic acids is 1. The van der Waals surface area contributed by atoms with Crippen LogP contribution in [0, 0.1) is 0 Å². The van der Waals surface area contributed by atoms with Crippen molar-refractivity contribution in [3.8, 4) is 0 Å². The minimum atomic E-state index is -1.09. The second-order valence-corrected chi connectivity index (χ2v) is 7.54. The summed E-state index contributed by atoms with van der Waals surface area (Å²) in [6, 6.07) is 9.82. The van der Waals surface area contributed by atoms with Crippen molar-refractivity contribution in [3.05, 3.63) is 35.9 Å². The molecule has 1 aliphatic heterocycles. The molecule has 2 rings (SSSR count). The van der Waals surface area contributed by atoms with Crippen LogP contribution in [0.5, 0.6) is 0 Å². The Hall–Kier alpha value is -1.80. The maximum atomic E-state index is 12.2. The van der Waals surface area contributed by atoms with Gasteiger partial charge in [-0.1, -0.05) is 53.9 Å². The minimum Gasteiger partial charge on any atom is -0.479 e. The van der Waals surface area contributed by atoms with Crippen LogP contribution in [-0.4, -0.2) is 43.3 Å².